The Morgan fingerprint density at radius 3 is 2.19 bits per heavy atom. The molecule has 0 saturated carbocycles. The Labute approximate surface area is 128 Å². The molecular weight excluding hydrogens is 268 g/mol. The summed E-state index contributed by atoms with van der Waals surface area (Å²) < 4.78 is 5.66. The maximum absolute atomic E-state index is 12.0. The number of hydrogen-bond acceptors (Lipinski definition) is 3. The van der Waals surface area contributed by atoms with Crippen LogP contribution >= 0.6 is 0 Å². The zero-order valence-corrected chi connectivity index (χ0v) is 13.9. The Bertz CT molecular complexity index is 307. The molecule has 2 unspecified atom stereocenters. The number of urea groups is 1. The van der Waals surface area contributed by atoms with Crippen molar-refractivity contribution < 1.29 is 14.6 Å². The number of nitrogens with one attached hydrogen (secondary N) is 2. The Morgan fingerprint density at radius 1 is 1.19 bits per heavy atom. The molecule has 0 spiro atoms. The van der Waals surface area contributed by atoms with E-state index >= 15 is 0 Å². The van der Waals surface area contributed by atoms with Gasteiger partial charge in [-0.05, 0) is 39.5 Å². The summed E-state index contributed by atoms with van der Waals surface area (Å²) >= 11 is 0. The van der Waals surface area contributed by atoms with Crippen molar-refractivity contribution in [2.45, 2.75) is 90.1 Å². The molecule has 1 aliphatic heterocycles. The first-order chi connectivity index (χ1) is 9.88. The highest BCUT2D eigenvalue weighted by Gasteiger charge is 2.28. The van der Waals surface area contributed by atoms with E-state index < -0.39 is 5.60 Å². The lowest BCUT2D eigenvalue weighted by atomic mass is 9.93. The van der Waals surface area contributed by atoms with Crippen molar-refractivity contribution in [3.63, 3.8) is 0 Å². The SMILES string of the molecule is CCCC(O)(CCC)CNC(=O)NC1CC(C)OC(C)C1. The second-order valence-corrected chi connectivity index (χ2v) is 6.48. The number of carbonyl (C=O) groups is 1. The van der Waals surface area contributed by atoms with Gasteiger partial charge in [0.15, 0.2) is 0 Å². The minimum absolute atomic E-state index is 0.147. The zero-order chi connectivity index (χ0) is 15.9. The molecule has 2 atom stereocenters. The molecule has 1 fully saturated rings. The van der Waals surface area contributed by atoms with Crippen LogP contribution in [0, 0.1) is 0 Å². The molecule has 5 heteroatoms. The summed E-state index contributed by atoms with van der Waals surface area (Å²) in [6, 6.07) is -0.0406. The quantitative estimate of drug-likeness (QED) is 0.677. The Morgan fingerprint density at radius 2 is 1.71 bits per heavy atom. The molecular formula is C16H32N2O3. The number of hydrogen-bond donors (Lipinski definition) is 3. The van der Waals surface area contributed by atoms with Gasteiger partial charge in [-0.25, -0.2) is 4.79 Å². The summed E-state index contributed by atoms with van der Waals surface area (Å²) in [7, 11) is 0. The van der Waals surface area contributed by atoms with E-state index in [9.17, 15) is 9.90 Å². The summed E-state index contributed by atoms with van der Waals surface area (Å²) in [5.41, 5.74) is -0.781. The number of amides is 2. The normalized spacial score (nSPS) is 26.4. The molecule has 1 aliphatic rings. The number of rotatable bonds is 7. The van der Waals surface area contributed by atoms with Gasteiger partial charge in [0.2, 0.25) is 0 Å². The average molecular weight is 300 g/mol. The average Bonchev–Trinajstić information content (AvgIpc) is 2.36. The van der Waals surface area contributed by atoms with Crippen molar-refractivity contribution in [1.82, 2.24) is 10.6 Å². The number of ether oxygens (including phenoxy) is 1. The van der Waals surface area contributed by atoms with E-state index in [0.29, 0.717) is 19.4 Å². The molecule has 1 rings (SSSR count). The van der Waals surface area contributed by atoms with E-state index in [1.165, 1.54) is 0 Å². The van der Waals surface area contributed by atoms with Gasteiger partial charge in [-0.2, -0.15) is 0 Å². The Hall–Kier alpha value is -0.810. The lowest BCUT2D eigenvalue weighted by molar-refractivity contribution is -0.0404. The van der Waals surface area contributed by atoms with Crippen LogP contribution in [0.3, 0.4) is 0 Å². The number of carbonyl (C=O) groups excluding carboxylic acids is 1. The molecule has 2 amide bonds. The van der Waals surface area contributed by atoms with Crippen LogP contribution in [0.5, 0.6) is 0 Å². The van der Waals surface area contributed by atoms with Gasteiger partial charge in [-0.1, -0.05) is 26.7 Å². The number of aliphatic hydroxyl groups is 1. The Balaban J connectivity index is 2.38. The zero-order valence-electron chi connectivity index (χ0n) is 13.9. The van der Waals surface area contributed by atoms with Crippen LogP contribution in [0.25, 0.3) is 0 Å². The molecule has 5 nitrogen and oxygen atoms in total. The maximum atomic E-state index is 12.0. The van der Waals surface area contributed by atoms with Gasteiger partial charge in [0.05, 0.1) is 17.8 Å². The Kier molecular flexibility index (Phi) is 7.46. The van der Waals surface area contributed by atoms with E-state index in [1.807, 2.05) is 27.7 Å². The fourth-order valence-electron chi connectivity index (χ4n) is 3.24. The summed E-state index contributed by atoms with van der Waals surface area (Å²) in [6.07, 6.45) is 5.28. The molecule has 21 heavy (non-hydrogen) atoms. The third kappa shape index (κ3) is 6.66. The third-order valence-corrected chi connectivity index (χ3v) is 4.04. The summed E-state index contributed by atoms with van der Waals surface area (Å²) in [6.45, 7) is 8.47. The molecule has 0 aromatic heterocycles. The first kappa shape index (κ1) is 18.2. The van der Waals surface area contributed by atoms with Crippen LogP contribution < -0.4 is 10.6 Å². The fraction of sp³-hybridized carbons (Fsp3) is 0.938. The molecule has 0 aromatic carbocycles. The molecule has 124 valence electrons. The van der Waals surface area contributed by atoms with Crippen LogP contribution in [0.2, 0.25) is 0 Å². The molecule has 1 saturated heterocycles. The van der Waals surface area contributed by atoms with Crippen molar-refractivity contribution in [2.75, 3.05) is 6.54 Å². The smallest absolute Gasteiger partial charge is 0.315 e. The van der Waals surface area contributed by atoms with Crippen molar-refractivity contribution in [2.24, 2.45) is 0 Å². The standard InChI is InChI=1S/C16H32N2O3/c1-5-7-16(20,8-6-2)11-17-15(19)18-14-9-12(3)21-13(4)10-14/h12-14,20H,5-11H2,1-4H3,(H2,17,18,19). The van der Waals surface area contributed by atoms with Gasteiger partial charge in [-0.15, -0.1) is 0 Å². The van der Waals surface area contributed by atoms with Crippen molar-refractivity contribution >= 4 is 6.03 Å². The lowest BCUT2D eigenvalue weighted by Gasteiger charge is -2.33. The maximum Gasteiger partial charge on any atom is 0.315 e. The fourth-order valence-corrected chi connectivity index (χ4v) is 3.24. The monoisotopic (exact) mass is 300 g/mol. The van der Waals surface area contributed by atoms with Crippen LogP contribution in [0.15, 0.2) is 0 Å². The van der Waals surface area contributed by atoms with E-state index in [4.69, 9.17) is 4.74 Å². The minimum atomic E-state index is -0.781. The van der Waals surface area contributed by atoms with Crippen molar-refractivity contribution in [3.05, 3.63) is 0 Å². The van der Waals surface area contributed by atoms with Gasteiger partial charge in [-0.3, -0.25) is 0 Å². The van der Waals surface area contributed by atoms with Crippen LogP contribution in [-0.4, -0.2) is 41.5 Å². The highest BCUT2D eigenvalue weighted by molar-refractivity contribution is 5.74. The minimum Gasteiger partial charge on any atom is -0.388 e. The van der Waals surface area contributed by atoms with Crippen LogP contribution in [-0.2, 0) is 4.74 Å². The second-order valence-electron chi connectivity index (χ2n) is 6.48. The molecule has 0 aromatic rings. The van der Waals surface area contributed by atoms with Crippen molar-refractivity contribution in [3.8, 4) is 0 Å². The van der Waals surface area contributed by atoms with E-state index in [2.05, 4.69) is 10.6 Å². The highest BCUT2D eigenvalue weighted by Crippen LogP contribution is 2.20. The van der Waals surface area contributed by atoms with Crippen molar-refractivity contribution in [1.29, 1.82) is 0 Å². The predicted molar refractivity (Wildman–Crippen MR) is 84.3 cm³/mol. The van der Waals surface area contributed by atoms with Gasteiger partial charge in [0.25, 0.3) is 0 Å². The molecule has 3 N–H and O–H groups in total. The highest BCUT2D eigenvalue weighted by atomic mass is 16.5. The summed E-state index contributed by atoms with van der Waals surface area (Å²) in [5.74, 6) is 0. The van der Waals surface area contributed by atoms with E-state index in [1.54, 1.807) is 0 Å². The van der Waals surface area contributed by atoms with E-state index in [0.717, 1.165) is 25.7 Å². The van der Waals surface area contributed by atoms with Crippen LogP contribution in [0.4, 0.5) is 4.79 Å². The molecule has 0 aliphatic carbocycles. The predicted octanol–water partition coefficient (Wildman–Crippen LogP) is 2.57. The molecule has 1 heterocycles. The van der Waals surface area contributed by atoms with Crippen LogP contribution in [0.1, 0.15) is 66.2 Å². The van der Waals surface area contributed by atoms with Gasteiger partial charge in [0, 0.05) is 12.6 Å². The first-order valence-electron chi connectivity index (χ1n) is 8.30. The lowest BCUT2D eigenvalue weighted by Crippen LogP contribution is -2.51. The summed E-state index contributed by atoms with van der Waals surface area (Å²) in [5, 5.41) is 16.3. The first-order valence-corrected chi connectivity index (χ1v) is 8.30. The van der Waals surface area contributed by atoms with Gasteiger partial charge in [0.1, 0.15) is 0 Å². The molecule has 0 bridgehead atoms. The van der Waals surface area contributed by atoms with Gasteiger partial charge >= 0.3 is 6.03 Å². The third-order valence-electron chi connectivity index (χ3n) is 4.04. The largest absolute Gasteiger partial charge is 0.388 e. The second kappa shape index (κ2) is 8.59. The van der Waals surface area contributed by atoms with Gasteiger partial charge < -0.3 is 20.5 Å². The summed E-state index contributed by atoms with van der Waals surface area (Å²) in [4.78, 5) is 12.0. The van der Waals surface area contributed by atoms with E-state index in [-0.39, 0.29) is 24.3 Å². The molecule has 0 radical (unpaired) electrons. The topological polar surface area (TPSA) is 70.6 Å².